The van der Waals surface area contributed by atoms with Crippen LogP contribution in [0.15, 0.2) is 48.5 Å². The molecule has 0 bridgehead atoms. The number of rotatable bonds is 4. The van der Waals surface area contributed by atoms with E-state index in [9.17, 15) is 0 Å². The van der Waals surface area contributed by atoms with E-state index in [0.717, 1.165) is 12.4 Å². The van der Waals surface area contributed by atoms with Crippen LogP contribution >= 0.6 is 0 Å². The van der Waals surface area contributed by atoms with Crippen LogP contribution < -0.4 is 4.74 Å². The summed E-state index contributed by atoms with van der Waals surface area (Å²) in [5.41, 5.74) is 4.39. The van der Waals surface area contributed by atoms with Gasteiger partial charge in [-0.3, -0.25) is 0 Å². The fourth-order valence-corrected chi connectivity index (χ4v) is 3.05. The average molecular weight is 266 g/mol. The highest BCUT2D eigenvalue weighted by atomic mass is 16.6. The Hall–Kier alpha value is -1.80. The van der Waals surface area contributed by atoms with Gasteiger partial charge in [0.05, 0.1) is 6.61 Å². The van der Waals surface area contributed by atoms with Gasteiger partial charge in [-0.15, -0.1) is 0 Å². The molecule has 2 aromatic rings. The maximum Gasteiger partial charge on any atom is 0.119 e. The molecule has 2 aromatic carbocycles. The molecule has 102 valence electrons. The van der Waals surface area contributed by atoms with Crippen molar-refractivity contribution in [3.63, 3.8) is 0 Å². The number of hydrogen-bond acceptors (Lipinski definition) is 2. The highest BCUT2D eigenvalue weighted by Gasteiger charge is 2.24. The van der Waals surface area contributed by atoms with Gasteiger partial charge in [0.2, 0.25) is 0 Å². The van der Waals surface area contributed by atoms with Crippen molar-refractivity contribution in [1.82, 2.24) is 0 Å². The summed E-state index contributed by atoms with van der Waals surface area (Å²) < 4.78 is 10.8. The van der Waals surface area contributed by atoms with Crippen LogP contribution in [-0.2, 0) is 11.2 Å². The third-order valence-electron chi connectivity index (χ3n) is 4.25. The van der Waals surface area contributed by atoms with Gasteiger partial charge < -0.3 is 9.47 Å². The molecule has 0 radical (unpaired) electrons. The minimum absolute atomic E-state index is 0.316. The van der Waals surface area contributed by atoms with Gasteiger partial charge in [-0.05, 0) is 41.7 Å². The minimum Gasteiger partial charge on any atom is -0.491 e. The lowest BCUT2D eigenvalue weighted by Gasteiger charge is -2.13. The van der Waals surface area contributed by atoms with E-state index < -0.39 is 0 Å². The van der Waals surface area contributed by atoms with E-state index in [1.54, 1.807) is 0 Å². The average Bonchev–Trinajstić information content (AvgIpc) is 3.23. The van der Waals surface area contributed by atoms with Crippen molar-refractivity contribution in [2.24, 2.45) is 0 Å². The normalized spacial score (nSPS) is 23.4. The molecule has 2 unspecified atom stereocenters. The van der Waals surface area contributed by atoms with E-state index >= 15 is 0 Å². The summed E-state index contributed by atoms with van der Waals surface area (Å²) in [6, 6.07) is 17.4. The molecule has 2 atom stereocenters. The Balaban J connectivity index is 1.51. The first kappa shape index (κ1) is 12.0. The number of fused-ring (bicyclic) bond motifs is 1. The lowest BCUT2D eigenvalue weighted by molar-refractivity contribution is 0.263. The predicted molar refractivity (Wildman–Crippen MR) is 78.3 cm³/mol. The van der Waals surface area contributed by atoms with Gasteiger partial charge in [0.15, 0.2) is 0 Å². The Morgan fingerprint density at radius 3 is 2.65 bits per heavy atom. The maximum absolute atomic E-state index is 5.69. The Morgan fingerprint density at radius 1 is 1.05 bits per heavy atom. The molecular weight excluding hydrogens is 248 g/mol. The van der Waals surface area contributed by atoms with Gasteiger partial charge in [0, 0.05) is 5.92 Å². The van der Waals surface area contributed by atoms with E-state index in [0.29, 0.717) is 18.6 Å². The van der Waals surface area contributed by atoms with Crippen molar-refractivity contribution in [2.75, 3.05) is 13.2 Å². The van der Waals surface area contributed by atoms with Crippen molar-refractivity contribution in [3.05, 3.63) is 65.2 Å². The molecular formula is C18H18O2. The number of hydrogen-bond donors (Lipinski definition) is 0. The quantitative estimate of drug-likeness (QED) is 0.789. The zero-order valence-electron chi connectivity index (χ0n) is 11.4. The molecule has 1 heterocycles. The second-order valence-corrected chi connectivity index (χ2v) is 5.63. The topological polar surface area (TPSA) is 21.8 Å². The summed E-state index contributed by atoms with van der Waals surface area (Å²) in [6.45, 7) is 1.52. The predicted octanol–water partition coefficient (Wildman–Crippen LogP) is 3.54. The Bertz CT molecular complexity index is 599. The third-order valence-corrected chi connectivity index (χ3v) is 4.25. The number of epoxide rings is 1. The number of benzene rings is 2. The van der Waals surface area contributed by atoms with Crippen LogP contribution in [0.2, 0.25) is 0 Å². The van der Waals surface area contributed by atoms with Crippen LogP contribution in [0.25, 0.3) is 0 Å². The van der Waals surface area contributed by atoms with Crippen molar-refractivity contribution in [3.8, 4) is 5.75 Å². The highest BCUT2D eigenvalue weighted by Crippen LogP contribution is 2.38. The van der Waals surface area contributed by atoms with Gasteiger partial charge in [-0.1, -0.05) is 36.4 Å². The van der Waals surface area contributed by atoms with Gasteiger partial charge in [0.1, 0.15) is 18.5 Å². The molecule has 1 fully saturated rings. The second kappa shape index (κ2) is 4.95. The summed E-state index contributed by atoms with van der Waals surface area (Å²) in [6.07, 6.45) is 2.73. The van der Waals surface area contributed by atoms with Gasteiger partial charge in [-0.25, -0.2) is 0 Å². The first-order chi connectivity index (χ1) is 9.90. The van der Waals surface area contributed by atoms with Gasteiger partial charge >= 0.3 is 0 Å². The molecule has 1 aliphatic carbocycles. The smallest absolute Gasteiger partial charge is 0.119 e. The molecule has 2 heteroatoms. The summed E-state index contributed by atoms with van der Waals surface area (Å²) in [5.74, 6) is 1.49. The van der Waals surface area contributed by atoms with Crippen LogP contribution in [0, 0.1) is 0 Å². The maximum atomic E-state index is 5.69. The fourth-order valence-electron chi connectivity index (χ4n) is 3.05. The molecule has 0 spiro atoms. The lowest BCUT2D eigenvalue weighted by atomic mass is 9.93. The molecule has 1 saturated heterocycles. The summed E-state index contributed by atoms with van der Waals surface area (Å²) in [7, 11) is 0. The molecule has 2 aliphatic rings. The second-order valence-electron chi connectivity index (χ2n) is 5.63. The Morgan fingerprint density at radius 2 is 1.85 bits per heavy atom. The van der Waals surface area contributed by atoms with Crippen molar-refractivity contribution in [2.45, 2.75) is 24.9 Å². The summed E-state index contributed by atoms with van der Waals surface area (Å²) in [4.78, 5) is 0. The van der Waals surface area contributed by atoms with Crippen molar-refractivity contribution in [1.29, 1.82) is 0 Å². The van der Waals surface area contributed by atoms with Gasteiger partial charge in [0.25, 0.3) is 0 Å². The molecule has 20 heavy (non-hydrogen) atoms. The SMILES string of the molecule is c1ccc2c(c1)CCC2c1ccc(OCC2CO2)cc1. The van der Waals surface area contributed by atoms with E-state index in [1.807, 2.05) is 0 Å². The fraction of sp³-hybridized carbons (Fsp3) is 0.333. The molecule has 1 aliphatic heterocycles. The van der Waals surface area contributed by atoms with Crippen LogP contribution in [0.1, 0.15) is 29.0 Å². The molecule has 0 aromatic heterocycles. The highest BCUT2D eigenvalue weighted by molar-refractivity contribution is 5.43. The largest absolute Gasteiger partial charge is 0.491 e. The van der Waals surface area contributed by atoms with Crippen LogP contribution in [-0.4, -0.2) is 19.3 Å². The number of aryl methyl sites for hydroxylation is 1. The monoisotopic (exact) mass is 266 g/mol. The van der Waals surface area contributed by atoms with E-state index in [2.05, 4.69) is 48.5 Å². The van der Waals surface area contributed by atoms with E-state index in [1.165, 1.54) is 29.5 Å². The summed E-state index contributed by atoms with van der Waals surface area (Å²) in [5, 5.41) is 0. The third kappa shape index (κ3) is 2.32. The minimum atomic E-state index is 0.316. The molecule has 0 saturated carbocycles. The molecule has 2 nitrogen and oxygen atoms in total. The first-order valence-electron chi connectivity index (χ1n) is 7.32. The van der Waals surface area contributed by atoms with E-state index in [4.69, 9.17) is 9.47 Å². The first-order valence-corrected chi connectivity index (χ1v) is 7.32. The standard InChI is InChI=1S/C18H18O2/c1-2-4-17-13(3-1)7-10-18(17)14-5-8-15(9-6-14)19-11-16-12-20-16/h1-6,8-9,16,18H,7,10-12H2. The van der Waals surface area contributed by atoms with Crippen LogP contribution in [0.4, 0.5) is 0 Å². The zero-order valence-corrected chi connectivity index (χ0v) is 11.4. The van der Waals surface area contributed by atoms with Gasteiger partial charge in [-0.2, -0.15) is 0 Å². The number of ether oxygens (including phenoxy) is 2. The molecule has 0 amide bonds. The Labute approximate surface area is 119 Å². The van der Waals surface area contributed by atoms with Crippen LogP contribution in [0.5, 0.6) is 5.75 Å². The zero-order chi connectivity index (χ0) is 13.4. The van der Waals surface area contributed by atoms with E-state index in [-0.39, 0.29) is 0 Å². The van der Waals surface area contributed by atoms with Crippen LogP contribution in [0.3, 0.4) is 0 Å². The summed E-state index contributed by atoms with van der Waals surface area (Å²) >= 11 is 0. The van der Waals surface area contributed by atoms with Crippen molar-refractivity contribution < 1.29 is 9.47 Å². The van der Waals surface area contributed by atoms with Crippen molar-refractivity contribution >= 4 is 0 Å². The Kier molecular flexibility index (Phi) is 2.96. The molecule has 4 rings (SSSR count). The molecule has 0 N–H and O–H groups in total. The lowest BCUT2D eigenvalue weighted by Crippen LogP contribution is -2.04.